The Kier molecular flexibility index (Phi) is 6.27. The second kappa shape index (κ2) is 7.73. The van der Waals surface area contributed by atoms with Gasteiger partial charge in [-0.05, 0) is 24.1 Å². The van der Waals surface area contributed by atoms with Crippen LogP contribution in [0.2, 0.25) is 0 Å². The van der Waals surface area contributed by atoms with Crippen molar-refractivity contribution >= 4 is 23.6 Å². The van der Waals surface area contributed by atoms with Crippen molar-refractivity contribution in [1.82, 2.24) is 5.32 Å². The van der Waals surface area contributed by atoms with Gasteiger partial charge in [-0.2, -0.15) is 0 Å². The smallest absolute Gasteiger partial charge is 0.313 e. The van der Waals surface area contributed by atoms with Crippen LogP contribution in [0.3, 0.4) is 0 Å². The summed E-state index contributed by atoms with van der Waals surface area (Å²) in [5, 5.41) is 11.0. The second-order valence-electron chi connectivity index (χ2n) is 3.73. The maximum absolute atomic E-state index is 12.9. The number of carbonyl (C=O) groups is 2. The van der Waals surface area contributed by atoms with Crippen LogP contribution in [0.15, 0.2) is 18.2 Å². The molecular formula is C12H13F2NO3S. The zero-order valence-corrected chi connectivity index (χ0v) is 10.8. The van der Waals surface area contributed by atoms with E-state index in [0.717, 1.165) is 23.9 Å². The molecule has 0 aliphatic carbocycles. The molecule has 0 heterocycles. The van der Waals surface area contributed by atoms with Crippen molar-refractivity contribution in [2.75, 3.05) is 18.1 Å². The number of amides is 1. The number of carboxylic acids is 1. The number of carbonyl (C=O) groups excluding carboxylic acids is 1. The number of carboxylic acid groups (broad SMARTS) is 1. The summed E-state index contributed by atoms with van der Waals surface area (Å²) in [6, 6.07) is 3.57. The first-order valence-electron chi connectivity index (χ1n) is 5.49. The molecule has 1 rings (SSSR count). The van der Waals surface area contributed by atoms with Crippen molar-refractivity contribution in [2.45, 2.75) is 6.42 Å². The lowest BCUT2D eigenvalue weighted by atomic mass is 10.1. The van der Waals surface area contributed by atoms with Gasteiger partial charge in [0.25, 0.3) is 0 Å². The highest BCUT2D eigenvalue weighted by Gasteiger charge is 2.05. The van der Waals surface area contributed by atoms with E-state index in [4.69, 9.17) is 5.11 Å². The number of benzene rings is 1. The van der Waals surface area contributed by atoms with Gasteiger partial charge in [-0.15, -0.1) is 11.8 Å². The largest absolute Gasteiger partial charge is 0.481 e. The average molecular weight is 289 g/mol. The van der Waals surface area contributed by atoms with Crippen molar-refractivity contribution in [3.63, 3.8) is 0 Å². The molecule has 7 heteroatoms. The predicted octanol–water partition coefficient (Wildman–Crippen LogP) is 1.44. The normalized spacial score (nSPS) is 10.2. The maximum Gasteiger partial charge on any atom is 0.313 e. The fraction of sp³-hybridized carbons (Fsp3) is 0.333. The molecular weight excluding hydrogens is 276 g/mol. The molecule has 0 saturated carbocycles. The van der Waals surface area contributed by atoms with Gasteiger partial charge in [0.2, 0.25) is 5.91 Å². The van der Waals surface area contributed by atoms with Gasteiger partial charge >= 0.3 is 5.97 Å². The minimum Gasteiger partial charge on any atom is -0.481 e. The van der Waals surface area contributed by atoms with E-state index in [0.29, 0.717) is 12.0 Å². The molecule has 19 heavy (non-hydrogen) atoms. The molecule has 1 aromatic rings. The highest BCUT2D eigenvalue weighted by Crippen LogP contribution is 2.08. The van der Waals surface area contributed by atoms with Crippen molar-refractivity contribution < 1.29 is 23.5 Å². The van der Waals surface area contributed by atoms with Gasteiger partial charge in [-0.3, -0.25) is 9.59 Å². The Hall–Kier alpha value is -1.63. The Balaban J connectivity index is 2.24. The van der Waals surface area contributed by atoms with E-state index in [1.54, 1.807) is 0 Å². The number of thioether (sulfide) groups is 1. The number of nitrogens with one attached hydrogen (secondary N) is 1. The Morgan fingerprint density at radius 1 is 1.21 bits per heavy atom. The van der Waals surface area contributed by atoms with Gasteiger partial charge < -0.3 is 10.4 Å². The molecule has 1 aromatic carbocycles. The fourth-order valence-corrected chi connectivity index (χ4v) is 1.89. The van der Waals surface area contributed by atoms with Gasteiger partial charge in [0.15, 0.2) is 11.6 Å². The Morgan fingerprint density at radius 2 is 1.95 bits per heavy atom. The third-order valence-corrected chi connectivity index (χ3v) is 3.10. The zero-order chi connectivity index (χ0) is 14.3. The summed E-state index contributed by atoms with van der Waals surface area (Å²) in [6.45, 7) is 0.289. The molecule has 0 fully saturated rings. The summed E-state index contributed by atoms with van der Waals surface area (Å²) in [7, 11) is 0. The quantitative estimate of drug-likeness (QED) is 0.797. The summed E-state index contributed by atoms with van der Waals surface area (Å²) < 4.78 is 25.5. The number of halogens is 2. The van der Waals surface area contributed by atoms with Gasteiger partial charge in [-0.25, -0.2) is 8.78 Å². The molecule has 0 bridgehead atoms. The first-order valence-corrected chi connectivity index (χ1v) is 6.64. The maximum atomic E-state index is 12.9. The first-order chi connectivity index (χ1) is 8.99. The summed E-state index contributed by atoms with van der Waals surface area (Å²) in [4.78, 5) is 21.5. The minimum absolute atomic E-state index is 0.0596. The number of hydrogen-bond donors (Lipinski definition) is 2. The van der Waals surface area contributed by atoms with Crippen LogP contribution in [-0.4, -0.2) is 35.0 Å². The van der Waals surface area contributed by atoms with Crippen LogP contribution in [0.25, 0.3) is 0 Å². The minimum atomic E-state index is -0.973. The van der Waals surface area contributed by atoms with Crippen molar-refractivity contribution in [1.29, 1.82) is 0 Å². The molecule has 0 aliphatic heterocycles. The standard InChI is InChI=1S/C12H13F2NO3S/c13-9-2-1-8(5-10(9)14)3-4-15-11(16)6-19-7-12(17)18/h1-2,5H,3-4,6-7H2,(H,15,16)(H,17,18). The van der Waals surface area contributed by atoms with E-state index in [9.17, 15) is 18.4 Å². The van der Waals surface area contributed by atoms with E-state index >= 15 is 0 Å². The predicted molar refractivity (Wildman–Crippen MR) is 68.0 cm³/mol. The van der Waals surface area contributed by atoms with Crippen molar-refractivity contribution in [3.8, 4) is 0 Å². The van der Waals surface area contributed by atoms with Crippen molar-refractivity contribution in [3.05, 3.63) is 35.4 Å². The van der Waals surface area contributed by atoms with E-state index in [1.807, 2.05) is 0 Å². The molecule has 0 unspecified atom stereocenters. The lowest BCUT2D eigenvalue weighted by Crippen LogP contribution is -2.27. The number of rotatable bonds is 7. The molecule has 1 amide bonds. The summed E-state index contributed by atoms with van der Waals surface area (Å²) >= 11 is 0.999. The molecule has 0 spiro atoms. The Morgan fingerprint density at radius 3 is 2.58 bits per heavy atom. The Bertz CT molecular complexity index is 468. The van der Waals surface area contributed by atoms with E-state index in [1.165, 1.54) is 6.07 Å². The highest BCUT2D eigenvalue weighted by molar-refractivity contribution is 8.00. The van der Waals surface area contributed by atoms with Crippen LogP contribution in [-0.2, 0) is 16.0 Å². The fourth-order valence-electron chi connectivity index (χ4n) is 1.32. The van der Waals surface area contributed by atoms with E-state index in [2.05, 4.69) is 5.32 Å². The lowest BCUT2D eigenvalue weighted by Gasteiger charge is -2.05. The van der Waals surface area contributed by atoms with Crippen LogP contribution < -0.4 is 5.32 Å². The number of aliphatic carboxylic acids is 1. The van der Waals surface area contributed by atoms with Crippen LogP contribution in [0.1, 0.15) is 5.56 Å². The third kappa shape index (κ3) is 6.19. The average Bonchev–Trinajstić information content (AvgIpc) is 2.33. The summed E-state index contributed by atoms with van der Waals surface area (Å²) in [6.07, 6.45) is 0.381. The van der Waals surface area contributed by atoms with Crippen LogP contribution >= 0.6 is 11.8 Å². The van der Waals surface area contributed by atoms with E-state index < -0.39 is 17.6 Å². The Labute approximate surface area is 113 Å². The topological polar surface area (TPSA) is 66.4 Å². The molecule has 104 valence electrons. The van der Waals surface area contributed by atoms with Gasteiger partial charge in [-0.1, -0.05) is 6.07 Å². The molecule has 2 N–H and O–H groups in total. The third-order valence-electron chi connectivity index (χ3n) is 2.18. The van der Waals surface area contributed by atoms with Gasteiger partial charge in [0.1, 0.15) is 0 Å². The molecule has 0 aromatic heterocycles. The molecule has 4 nitrogen and oxygen atoms in total. The molecule has 0 saturated heterocycles. The number of hydrogen-bond acceptors (Lipinski definition) is 3. The molecule has 0 radical (unpaired) electrons. The summed E-state index contributed by atoms with van der Waals surface area (Å²) in [5.41, 5.74) is 0.581. The first kappa shape index (κ1) is 15.4. The second-order valence-corrected chi connectivity index (χ2v) is 4.72. The molecule has 0 aliphatic rings. The van der Waals surface area contributed by atoms with Crippen LogP contribution in [0.5, 0.6) is 0 Å². The summed E-state index contributed by atoms with van der Waals surface area (Å²) in [5.74, 6) is -3.15. The SMILES string of the molecule is O=C(O)CSCC(=O)NCCc1ccc(F)c(F)c1. The van der Waals surface area contributed by atoms with Gasteiger partial charge in [0, 0.05) is 6.54 Å². The van der Waals surface area contributed by atoms with Gasteiger partial charge in [0.05, 0.1) is 11.5 Å². The van der Waals surface area contributed by atoms with Crippen LogP contribution in [0, 0.1) is 11.6 Å². The van der Waals surface area contributed by atoms with E-state index in [-0.39, 0.29) is 24.0 Å². The van der Waals surface area contributed by atoms with Crippen molar-refractivity contribution in [2.24, 2.45) is 0 Å². The zero-order valence-electron chi connectivity index (χ0n) is 9.99. The van der Waals surface area contributed by atoms with Crippen LogP contribution in [0.4, 0.5) is 8.78 Å². The molecule has 0 atom stereocenters. The monoisotopic (exact) mass is 289 g/mol. The highest BCUT2D eigenvalue weighted by atomic mass is 32.2. The lowest BCUT2D eigenvalue weighted by molar-refractivity contribution is -0.133.